The van der Waals surface area contributed by atoms with Crippen molar-refractivity contribution >= 4 is 15.7 Å². The Bertz CT molecular complexity index is 339. The normalized spacial score (nSPS) is 25.2. The van der Waals surface area contributed by atoms with Crippen LogP contribution in [-0.2, 0) is 14.6 Å². The Hall–Kier alpha value is -0.620. The molecule has 0 aliphatic carbocycles. The van der Waals surface area contributed by atoms with E-state index in [0.29, 0.717) is 19.3 Å². The molecule has 0 aromatic heterocycles. The first-order valence-corrected chi connectivity index (χ1v) is 7.38. The fourth-order valence-electron chi connectivity index (χ4n) is 1.83. The molecular weight excluding hydrogens is 230 g/mol. The summed E-state index contributed by atoms with van der Waals surface area (Å²) < 4.78 is 22.4. The third kappa shape index (κ3) is 4.09. The van der Waals surface area contributed by atoms with Crippen molar-refractivity contribution in [2.24, 2.45) is 5.92 Å². The van der Waals surface area contributed by atoms with Crippen LogP contribution in [0.2, 0.25) is 0 Å². The van der Waals surface area contributed by atoms with Crippen molar-refractivity contribution in [3.8, 4) is 0 Å². The van der Waals surface area contributed by atoms with Crippen molar-refractivity contribution in [2.75, 3.05) is 18.1 Å². The van der Waals surface area contributed by atoms with Crippen LogP contribution >= 0.6 is 0 Å². The molecule has 6 heteroatoms. The zero-order chi connectivity index (χ0) is 12.2. The van der Waals surface area contributed by atoms with Gasteiger partial charge in [-0.15, -0.1) is 0 Å². The lowest BCUT2D eigenvalue weighted by molar-refractivity contribution is -0.124. The van der Waals surface area contributed by atoms with Gasteiger partial charge in [0.25, 0.3) is 0 Å². The molecule has 0 bridgehead atoms. The maximum atomic E-state index is 11.7. The summed E-state index contributed by atoms with van der Waals surface area (Å²) in [6.45, 7) is 1.97. The molecule has 1 aliphatic rings. The third-order valence-electron chi connectivity index (χ3n) is 2.79. The number of aliphatic hydroxyl groups is 1. The van der Waals surface area contributed by atoms with Gasteiger partial charge in [-0.2, -0.15) is 0 Å². The number of rotatable bonds is 5. The minimum atomic E-state index is -2.99. The molecule has 5 nitrogen and oxygen atoms in total. The lowest BCUT2D eigenvalue weighted by Crippen LogP contribution is -2.37. The van der Waals surface area contributed by atoms with Gasteiger partial charge in [0.2, 0.25) is 5.91 Å². The summed E-state index contributed by atoms with van der Waals surface area (Å²) in [5.41, 5.74) is 0. The lowest BCUT2D eigenvalue weighted by Gasteiger charge is -2.15. The fourth-order valence-corrected chi connectivity index (χ4v) is 3.57. The Kier molecular flexibility index (Phi) is 4.73. The Balaban J connectivity index is 2.36. The van der Waals surface area contributed by atoms with Crippen molar-refractivity contribution in [2.45, 2.75) is 32.2 Å². The van der Waals surface area contributed by atoms with Crippen molar-refractivity contribution < 1.29 is 18.3 Å². The predicted octanol–water partition coefficient (Wildman–Crippen LogP) is -0.302. The molecule has 1 saturated heterocycles. The van der Waals surface area contributed by atoms with Gasteiger partial charge >= 0.3 is 0 Å². The van der Waals surface area contributed by atoms with Crippen molar-refractivity contribution in [1.82, 2.24) is 5.32 Å². The van der Waals surface area contributed by atoms with Gasteiger partial charge < -0.3 is 10.4 Å². The largest absolute Gasteiger partial charge is 0.396 e. The van der Waals surface area contributed by atoms with Crippen molar-refractivity contribution in [3.63, 3.8) is 0 Å². The van der Waals surface area contributed by atoms with Gasteiger partial charge in [0.05, 0.1) is 17.4 Å². The molecule has 2 unspecified atom stereocenters. The monoisotopic (exact) mass is 249 g/mol. The number of hydrogen-bond acceptors (Lipinski definition) is 4. The molecule has 0 aromatic carbocycles. The standard InChI is InChI=1S/C10H19NO4S/c1-8(3-2-5-12)11-10(13)9-4-6-16(14,15)7-9/h8-9,12H,2-7H2,1H3,(H,11,13). The topological polar surface area (TPSA) is 83.5 Å². The van der Waals surface area contributed by atoms with Gasteiger partial charge in [-0.3, -0.25) is 4.79 Å². The van der Waals surface area contributed by atoms with E-state index in [1.807, 2.05) is 6.92 Å². The summed E-state index contributed by atoms with van der Waals surface area (Å²) in [4.78, 5) is 11.7. The van der Waals surface area contributed by atoms with Crippen LogP contribution in [0.3, 0.4) is 0 Å². The quantitative estimate of drug-likeness (QED) is 0.700. The minimum absolute atomic E-state index is 0.0112. The van der Waals surface area contributed by atoms with E-state index in [0.717, 1.165) is 0 Å². The van der Waals surface area contributed by atoms with E-state index in [-0.39, 0.29) is 36.0 Å². The predicted molar refractivity (Wildman–Crippen MR) is 60.7 cm³/mol. The van der Waals surface area contributed by atoms with Crippen molar-refractivity contribution in [1.29, 1.82) is 0 Å². The highest BCUT2D eigenvalue weighted by Gasteiger charge is 2.33. The highest BCUT2D eigenvalue weighted by Crippen LogP contribution is 2.18. The highest BCUT2D eigenvalue weighted by molar-refractivity contribution is 7.91. The van der Waals surface area contributed by atoms with Gasteiger partial charge in [-0.1, -0.05) is 0 Å². The molecular formula is C10H19NO4S. The average Bonchev–Trinajstić information content (AvgIpc) is 2.56. The number of nitrogens with one attached hydrogen (secondary N) is 1. The van der Waals surface area contributed by atoms with Crippen LogP contribution in [0.1, 0.15) is 26.2 Å². The van der Waals surface area contributed by atoms with E-state index in [1.54, 1.807) is 0 Å². The molecule has 2 atom stereocenters. The van der Waals surface area contributed by atoms with Gasteiger partial charge in [0, 0.05) is 12.6 Å². The van der Waals surface area contributed by atoms with E-state index < -0.39 is 9.84 Å². The Labute approximate surface area is 96.1 Å². The molecule has 1 heterocycles. The van der Waals surface area contributed by atoms with Crippen LogP contribution < -0.4 is 5.32 Å². The number of hydrogen-bond donors (Lipinski definition) is 2. The molecule has 0 saturated carbocycles. The van der Waals surface area contributed by atoms with Crippen LogP contribution in [-0.4, -0.2) is 43.6 Å². The van der Waals surface area contributed by atoms with Crippen LogP contribution in [0, 0.1) is 5.92 Å². The summed E-state index contributed by atoms with van der Waals surface area (Å²) in [7, 11) is -2.99. The third-order valence-corrected chi connectivity index (χ3v) is 4.56. The average molecular weight is 249 g/mol. The SMILES string of the molecule is CC(CCCO)NC(=O)C1CCS(=O)(=O)C1. The maximum absolute atomic E-state index is 11.7. The smallest absolute Gasteiger partial charge is 0.224 e. The zero-order valence-corrected chi connectivity index (χ0v) is 10.3. The zero-order valence-electron chi connectivity index (χ0n) is 9.48. The lowest BCUT2D eigenvalue weighted by atomic mass is 10.1. The van der Waals surface area contributed by atoms with E-state index in [2.05, 4.69) is 5.32 Å². The molecule has 1 aliphatic heterocycles. The number of amides is 1. The number of aliphatic hydroxyl groups excluding tert-OH is 1. The molecule has 94 valence electrons. The first-order valence-electron chi connectivity index (χ1n) is 5.56. The van der Waals surface area contributed by atoms with Gasteiger partial charge in [0.15, 0.2) is 9.84 Å². The second kappa shape index (κ2) is 5.63. The van der Waals surface area contributed by atoms with Gasteiger partial charge in [-0.05, 0) is 26.2 Å². The number of carbonyl (C=O) groups excluding carboxylic acids is 1. The van der Waals surface area contributed by atoms with Crippen LogP contribution in [0.15, 0.2) is 0 Å². The molecule has 16 heavy (non-hydrogen) atoms. The first kappa shape index (κ1) is 13.4. The molecule has 0 spiro atoms. The van der Waals surface area contributed by atoms with Crippen molar-refractivity contribution in [3.05, 3.63) is 0 Å². The Morgan fingerprint density at radius 1 is 1.56 bits per heavy atom. The summed E-state index contributed by atoms with van der Waals surface area (Å²) in [6.07, 6.45) is 1.78. The number of carbonyl (C=O) groups is 1. The second-order valence-electron chi connectivity index (χ2n) is 4.38. The van der Waals surface area contributed by atoms with Crippen LogP contribution in [0.5, 0.6) is 0 Å². The van der Waals surface area contributed by atoms with Gasteiger partial charge in [-0.25, -0.2) is 8.42 Å². The molecule has 1 amide bonds. The molecule has 0 radical (unpaired) electrons. The van der Waals surface area contributed by atoms with E-state index in [4.69, 9.17) is 5.11 Å². The minimum Gasteiger partial charge on any atom is -0.396 e. The second-order valence-corrected chi connectivity index (χ2v) is 6.60. The highest BCUT2D eigenvalue weighted by atomic mass is 32.2. The summed E-state index contributed by atoms with van der Waals surface area (Å²) in [5.74, 6) is -0.463. The van der Waals surface area contributed by atoms with Crippen LogP contribution in [0.4, 0.5) is 0 Å². The van der Waals surface area contributed by atoms with Gasteiger partial charge in [0.1, 0.15) is 0 Å². The Morgan fingerprint density at radius 3 is 2.75 bits per heavy atom. The van der Waals surface area contributed by atoms with E-state index >= 15 is 0 Å². The Morgan fingerprint density at radius 2 is 2.25 bits per heavy atom. The number of sulfone groups is 1. The molecule has 1 fully saturated rings. The van der Waals surface area contributed by atoms with E-state index in [9.17, 15) is 13.2 Å². The first-order chi connectivity index (χ1) is 7.44. The molecule has 2 N–H and O–H groups in total. The summed E-state index contributed by atoms with van der Waals surface area (Å²) in [5, 5.41) is 11.4. The van der Waals surface area contributed by atoms with Crippen LogP contribution in [0.25, 0.3) is 0 Å². The fraction of sp³-hybridized carbons (Fsp3) is 0.900. The molecule has 1 rings (SSSR count). The summed E-state index contributed by atoms with van der Waals surface area (Å²) >= 11 is 0. The summed E-state index contributed by atoms with van der Waals surface area (Å²) in [6, 6.07) is -0.0112. The maximum Gasteiger partial charge on any atom is 0.224 e. The van der Waals surface area contributed by atoms with E-state index in [1.165, 1.54) is 0 Å². The molecule has 0 aromatic rings.